The molecular weight excluding hydrogens is 234 g/mol. The van der Waals surface area contributed by atoms with E-state index in [0.29, 0.717) is 16.5 Å². The molecule has 0 aromatic heterocycles. The van der Waals surface area contributed by atoms with E-state index in [1.807, 2.05) is 0 Å². The fourth-order valence-corrected chi connectivity index (χ4v) is 1.97. The first-order valence-electron chi connectivity index (χ1n) is 4.17. The van der Waals surface area contributed by atoms with Crippen LogP contribution in [0, 0.1) is 0 Å². The SMILES string of the molecule is Nc1ccc(Cl)cc1SC/C=C/C(=O)O. The molecule has 0 saturated heterocycles. The molecule has 0 amide bonds. The van der Waals surface area contributed by atoms with Crippen molar-refractivity contribution in [2.24, 2.45) is 0 Å². The van der Waals surface area contributed by atoms with Crippen LogP contribution in [0.5, 0.6) is 0 Å². The molecule has 3 nitrogen and oxygen atoms in total. The van der Waals surface area contributed by atoms with Crippen molar-refractivity contribution in [1.29, 1.82) is 0 Å². The van der Waals surface area contributed by atoms with Gasteiger partial charge in [0.05, 0.1) is 0 Å². The summed E-state index contributed by atoms with van der Waals surface area (Å²) in [7, 11) is 0. The second-order valence-electron chi connectivity index (χ2n) is 2.73. The Hall–Kier alpha value is -1.13. The molecule has 0 radical (unpaired) electrons. The zero-order chi connectivity index (χ0) is 11.3. The lowest BCUT2D eigenvalue weighted by molar-refractivity contribution is -0.131. The highest BCUT2D eigenvalue weighted by Gasteiger charge is 1.99. The Morgan fingerprint density at radius 1 is 1.60 bits per heavy atom. The van der Waals surface area contributed by atoms with Crippen molar-refractivity contribution in [1.82, 2.24) is 0 Å². The highest BCUT2D eigenvalue weighted by molar-refractivity contribution is 7.99. The summed E-state index contributed by atoms with van der Waals surface area (Å²) in [4.78, 5) is 11.0. The van der Waals surface area contributed by atoms with Gasteiger partial charge in [0.25, 0.3) is 0 Å². The van der Waals surface area contributed by atoms with Crippen molar-refractivity contribution in [3.05, 3.63) is 35.4 Å². The molecule has 80 valence electrons. The van der Waals surface area contributed by atoms with E-state index in [9.17, 15) is 4.79 Å². The first-order valence-corrected chi connectivity index (χ1v) is 5.53. The molecule has 1 aromatic rings. The Balaban J connectivity index is 2.57. The third-order valence-electron chi connectivity index (χ3n) is 1.57. The number of halogens is 1. The number of hydrogen-bond acceptors (Lipinski definition) is 3. The highest BCUT2D eigenvalue weighted by atomic mass is 35.5. The topological polar surface area (TPSA) is 63.3 Å². The average Bonchev–Trinajstić information content (AvgIpc) is 2.17. The third kappa shape index (κ3) is 4.27. The minimum atomic E-state index is -0.949. The highest BCUT2D eigenvalue weighted by Crippen LogP contribution is 2.27. The van der Waals surface area contributed by atoms with Gasteiger partial charge < -0.3 is 10.8 Å². The number of thioether (sulfide) groups is 1. The summed E-state index contributed by atoms with van der Waals surface area (Å²) in [6, 6.07) is 5.20. The monoisotopic (exact) mass is 243 g/mol. The first kappa shape index (κ1) is 11.9. The van der Waals surface area contributed by atoms with Gasteiger partial charge in [0.1, 0.15) is 0 Å². The molecule has 1 aromatic carbocycles. The predicted molar refractivity (Wildman–Crippen MR) is 63.4 cm³/mol. The first-order chi connectivity index (χ1) is 7.09. The predicted octanol–water partition coefficient (Wildman–Crippen LogP) is 2.66. The van der Waals surface area contributed by atoms with E-state index in [1.54, 1.807) is 24.3 Å². The fourth-order valence-electron chi connectivity index (χ4n) is 0.920. The van der Waals surface area contributed by atoms with Crippen LogP contribution in [0.4, 0.5) is 5.69 Å². The van der Waals surface area contributed by atoms with Crippen molar-refractivity contribution in [2.45, 2.75) is 4.90 Å². The smallest absolute Gasteiger partial charge is 0.328 e. The van der Waals surface area contributed by atoms with Gasteiger partial charge in [-0.3, -0.25) is 0 Å². The molecule has 0 bridgehead atoms. The van der Waals surface area contributed by atoms with Crippen molar-refractivity contribution in [2.75, 3.05) is 11.5 Å². The van der Waals surface area contributed by atoms with E-state index in [-0.39, 0.29) is 0 Å². The molecular formula is C10H10ClNO2S. The molecule has 0 heterocycles. The maximum Gasteiger partial charge on any atom is 0.328 e. The van der Waals surface area contributed by atoms with Crippen LogP contribution in [0.1, 0.15) is 0 Å². The summed E-state index contributed by atoms with van der Waals surface area (Å²) in [5.74, 6) is -0.397. The Labute approximate surface area is 96.9 Å². The van der Waals surface area contributed by atoms with E-state index in [2.05, 4.69) is 0 Å². The molecule has 0 unspecified atom stereocenters. The van der Waals surface area contributed by atoms with Crippen LogP contribution >= 0.6 is 23.4 Å². The van der Waals surface area contributed by atoms with E-state index in [1.165, 1.54) is 11.8 Å². The van der Waals surface area contributed by atoms with Crippen LogP contribution in [0.3, 0.4) is 0 Å². The standard InChI is InChI=1S/C10H10ClNO2S/c11-7-3-4-8(12)9(6-7)15-5-1-2-10(13)14/h1-4,6H,5,12H2,(H,13,14)/b2-1+. The fraction of sp³-hybridized carbons (Fsp3) is 0.100. The number of carbonyl (C=O) groups is 1. The number of nitrogen functional groups attached to an aromatic ring is 1. The molecule has 1 rings (SSSR count). The number of benzene rings is 1. The number of anilines is 1. The maximum atomic E-state index is 10.2. The molecule has 3 N–H and O–H groups in total. The second kappa shape index (κ2) is 5.68. The second-order valence-corrected chi connectivity index (χ2v) is 4.23. The quantitative estimate of drug-likeness (QED) is 0.485. The number of nitrogens with two attached hydrogens (primary N) is 1. The summed E-state index contributed by atoms with van der Waals surface area (Å²) >= 11 is 7.24. The summed E-state index contributed by atoms with van der Waals surface area (Å²) in [5.41, 5.74) is 6.36. The summed E-state index contributed by atoms with van der Waals surface area (Å²) < 4.78 is 0. The van der Waals surface area contributed by atoms with Crippen LogP contribution < -0.4 is 5.73 Å². The molecule has 0 saturated carbocycles. The van der Waals surface area contributed by atoms with Gasteiger partial charge in [0, 0.05) is 27.4 Å². The van der Waals surface area contributed by atoms with Gasteiger partial charge in [-0.2, -0.15) is 0 Å². The van der Waals surface area contributed by atoms with Gasteiger partial charge in [-0.1, -0.05) is 17.7 Å². The van der Waals surface area contributed by atoms with Crippen molar-refractivity contribution in [3.63, 3.8) is 0 Å². The lowest BCUT2D eigenvalue weighted by atomic mass is 10.3. The number of aliphatic carboxylic acids is 1. The van der Waals surface area contributed by atoms with Gasteiger partial charge in [0.2, 0.25) is 0 Å². The molecule has 0 atom stereocenters. The molecule has 0 aliphatic heterocycles. The Bertz CT molecular complexity index is 393. The minimum absolute atomic E-state index is 0.552. The van der Waals surface area contributed by atoms with E-state index >= 15 is 0 Å². The Morgan fingerprint density at radius 3 is 3.00 bits per heavy atom. The Morgan fingerprint density at radius 2 is 2.33 bits per heavy atom. The van der Waals surface area contributed by atoms with Crippen LogP contribution in [-0.4, -0.2) is 16.8 Å². The minimum Gasteiger partial charge on any atom is -0.478 e. The molecule has 15 heavy (non-hydrogen) atoms. The molecule has 0 aliphatic carbocycles. The lowest BCUT2D eigenvalue weighted by Crippen LogP contribution is -1.89. The van der Waals surface area contributed by atoms with Gasteiger partial charge in [-0.15, -0.1) is 11.8 Å². The molecule has 5 heteroatoms. The van der Waals surface area contributed by atoms with Crippen molar-refractivity contribution in [3.8, 4) is 0 Å². The van der Waals surface area contributed by atoms with Crippen molar-refractivity contribution >= 4 is 35.0 Å². The normalized spacial score (nSPS) is 10.7. The van der Waals surface area contributed by atoms with E-state index < -0.39 is 5.97 Å². The molecule has 0 aliphatic rings. The van der Waals surface area contributed by atoms with Gasteiger partial charge >= 0.3 is 5.97 Å². The van der Waals surface area contributed by atoms with Crippen LogP contribution in [0.15, 0.2) is 35.2 Å². The zero-order valence-corrected chi connectivity index (χ0v) is 9.39. The third-order valence-corrected chi connectivity index (χ3v) is 2.83. The van der Waals surface area contributed by atoms with Crippen LogP contribution in [-0.2, 0) is 4.79 Å². The number of carboxylic acid groups (broad SMARTS) is 1. The Kier molecular flexibility index (Phi) is 4.52. The van der Waals surface area contributed by atoms with Gasteiger partial charge in [0.15, 0.2) is 0 Å². The largest absolute Gasteiger partial charge is 0.478 e. The van der Waals surface area contributed by atoms with Gasteiger partial charge in [-0.25, -0.2) is 4.79 Å². The van der Waals surface area contributed by atoms with Crippen LogP contribution in [0.2, 0.25) is 5.02 Å². The van der Waals surface area contributed by atoms with E-state index in [0.717, 1.165) is 11.0 Å². The summed E-state index contributed by atoms with van der Waals surface area (Å²) in [5, 5.41) is 8.99. The van der Waals surface area contributed by atoms with Crippen LogP contribution in [0.25, 0.3) is 0 Å². The zero-order valence-electron chi connectivity index (χ0n) is 7.81. The van der Waals surface area contributed by atoms with Crippen molar-refractivity contribution < 1.29 is 9.90 Å². The number of hydrogen-bond donors (Lipinski definition) is 2. The average molecular weight is 244 g/mol. The summed E-state index contributed by atoms with van der Waals surface area (Å²) in [6.07, 6.45) is 2.67. The summed E-state index contributed by atoms with van der Waals surface area (Å²) in [6.45, 7) is 0. The number of carboxylic acids is 1. The maximum absolute atomic E-state index is 10.2. The van der Waals surface area contributed by atoms with E-state index in [4.69, 9.17) is 22.4 Å². The molecule has 0 fully saturated rings. The lowest BCUT2D eigenvalue weighted by Gasteiger charge is -2.03. The molecule has 0 spiro atoms. The van der Waals surface area contributed by atoms with Gasteiger partial charge in [-0.05, 0) is 18.2 Å². The number of rotatable bonds is 4.